The lowest BCUT2D eigenvalue weighted by molar-refractivity contribution is -0.138. The first-order valence-electron chi connectivity index (χ1n) is 11.5. The van der Waals surface area contributed by atoms with Crippen LogP contribution in [-0.4, -0.2) is 50.8 Å². The van der Waals surface area contributed by atoms with Gasteiger partial charge in [-0.1, -0.05) is 17.3 Å². The number of aliphatic hydroxyl groups is 1. The molecule has 0 spiro atoms. The fourth-order valence-electron chi connectivity index (χ4n) is 4.24. The number of hydrogen-bond donors (Lipinski definition) is 2. The first-order valence-corrected chi connectivity index (χ1v) is 11.5. The molecule has 3 N–H and O–H groups in total. The summed E-state index contributed by atoms with van der Waals surface area (Å²) in [7, 11) is 0. The lowest BCUT2D eigenvalue weighted by Crippen LogP contribution is -2.56. The molecule has 9 nitrogen and oxygen atoms in total. The van der Waals surface area contributed by atoms with Crippen LogP contribution in [0.2, 0.25) is 0 Å². The highest BCUT2D eigenvalue weighted by Crippen LogP contribution is 2.32. The molecule has 0 saturated heterocycles. The molecule has 35 heavy (non-hydrogen) atoms. The quantitative estimate of drug-likeness (QED) is 0.555. The molecule has 1 aliphatic rings. The number of aromatic nitrogens is 2. The van der Waals surface area contributed by atoms with Crippen molar-refractivity contribution < 1.29 is 19.2 Å². The van der Waals surface area contributed by atoms with E-state index in [1.165, 1.54) is 6.92 Å². The first-order chi connectivity index (χ1) is 16.6. The predicted molar refractivity (Wildman–Crippen MR) is 129 cm³/mol. The first kappa shape index (κ1) is 24.4. The number of hydrogen-bond acceptors (Lipinski definition) is 8. The van der Waals surface area contributed by atoms with Crippen molar-refractivity contribution in [1.82, 2.24) is 15.0 Å². The highest BCUT2D eigenvalue weighted by molar-refractivity contribution is 5.86. The van der Waals surface area contributed by atoms with Gasteiger partial charge in [0, 0.05) is 24.2 Å². The molecule has 9 heteroatoms. The van der Waals surface area contributed by atoms with E-state index in [9.17, 15) is 15.2 Å². The van der Waals surface area contributed by atoms with Gasteiger partial charge in [-0.3, -0.25) is 4.79 Å². The summed E-state index contributed by atoms with van der Waals surface area (Å²) in [5.41, 5.74) is 9.73. The summed E-state index contributed by atoms with van der Waals surface area (Å²) < 4.78 is 11.2. The molecular weight excluding hydrogens is 446 g/mol. The second-order valence-electron chi connectivity index (χ2n) is 9.34. The third-order valence-corrected chi connectivity index (χ3v) is 6.17. The van der Waals surface area contributed by atoms with Crippen molar-refractivity contribution in [3.05, 3.63) is 52.6 Å². The largest absolute Gasteiger partial charge is 0.490 e. The van der Waals surface area contributed by atoms with Crippen LogP contribution in [-0.2, 0) is 17.8 Å². The predicted octanol–water partition coefficient (Wildman–Crippen LogP) is 2.97. The summed E-state index contributed by atoms with van der Waals surface area (Å²) >= 11 is 0. The van der Waals surface area contributed by atoms with Gasteiger partial charge in [-0.15, -0.1) is 0 Å². The van der Waals surface area contributed by atoms with Crippen LogP contribution in [0.5, 0.6) is 5.75 Å². The Labute approximate surface area is 204 Å². The maximum atomic E-state index is 12.7. The van der Waals surface area contributed by atoms with Crippen LogP contribution in [0.25, 0.3) is 22.8 Å². The molecule has 1 atom stereocenters. The molecule has 1 aliphatic heterocycles. The van der Waals surface area contributed by atoms with Crippen molar-refractivity contribution in [2.45, 2.75) is 52.3 Å². The molecule has 1 amide bonds. The van der Waals surface area contributed by atoms with E-state index in [4.69, 9.17) is 15.0 Å². The van der Waals surface area contributed by atoms with E-state index in [2.05, 4.69) is 16.2 Å². The molecule has 0 unspecified atom stereocenters. The van der Waals surface area contributed by atoms with Crippen molar-refractivity contribution in [3.63, 3.8) is 0 Å². The smallest absolute Gasteiger partial charge is 0.258 e. The normalized spacial score (nSPS) is 14.9. The number of rotatable bonds is 6. The summed E-state index contributed by atoms with van der Waals surface area (Å²) in [5, 5.41) is 23.1. The van der Waals surface area contributed by atoms with Crippen molar-refractivity contribution in [3.8, 4) is 34.7 Å². The Morgan fingerprint density at radius 1 is 1.37 bits per heavy atom. The number of nitrogens with zero attached hydrogens (tertiary/aromatic N) is 4. The molecule has 4 rings (SSSR count). The fourth-order valence-corrected chi connectivity index (χ4v) is 4.24. The number of nitrogens with two attached hydrogens (primary N) is 1. The van der Waals surface area contributed by atoms with Crippen molar-refractivity contribution in [1.29, 1.82) is 5.26 Å². The van der Waals surface area contributed by atoms with Gasteiger partial charge in [0.2, 0.25) is 11.7 Å². The third kappa shape index (κ3) is 4.76. The minimum absolute atomic E-state index is 0.0466. The minimum Gasteiger partial charge on any atom is -0.490 e. The number of amides is 1. The summed E-state index contributed by atoms with van der Waals surface area (Å²) in [6.45, 7) is 7.89. The van der Waals surface area contributed by atoms with Crippen LogP contribution < -0.4 is 10.5 Å². The zero-order chi connectivity index (χ0) is 25.3. The van der Waals surface area contributed by atoms with Gasteiger partial charge in [-0.2, -0.15) is 10.2 Å². The van der Waals surface area contributed by atoms with Gasteiger partial charge in [-0.25, -0.2) is 0 Å². The summed E-state index contributed by atoms with van der Waals surface area (Å²) in [6.07, 6.45) is 0.616. The number of carbonyl (C=O) groups excluding carboxylic acids is 1. The Morgan fingerprint density at radius 2 is 2.14 bits per heavy atom. The third-order valence-electron chi connectivity index (χ3n) is 6.17. The second kappa shape index (κ2) is 9.49. The number of aliphatic hydroxyl groups excluding tert-OH is 1. The van der Waals surface area contributed by atoms with Crippen LogP contribution in [0.3, 0.4) is 0 Å². The summed E-state index contributed by atoms with van der Waals surface area (Å²) in [5.74, 6) is 1.01. The van der Waals surface area contributed by atoms with E-state index >= 15 is 0 Å². The van der Waals surface area contributed by atoms with Gasteiger partial charge < -0.3 is 25.0 Å². The van der Waals surface area contributed by atoms with E-state index < -0.39 is 12.1 Å². The van der Waals surface area contributed by atoms with Crippen LogP contribution in [0.15, 0.2) is 34.9 Å². The Hall–Kier alpha value is -3.74. The van der Waals surface area contributed by atoms with Crippen molar-refractivity contribution in [2.75, 3.05) is 13.2 Å². The summed E-state index contributed by atoms with van der Waals surface area (Å²) in [4.78, 5) is 18.9. The molecule has 2 heterocycles. The molecule has 0 aliphatic carbocycles. The SMILES string of the molecule is Cc1c(-c2noc(-c3ccc(OC(C)C)c(C#N)c3)n2)ccc2c1CCN(C(=O)[C@](C)(N)CO)C2. The average Bonchev–Trinajstić information content (AvgIpc) is 3.33. The monoisotopic (exact) mass is 475 g/mol. The van der Waals surface area contributed by atoms with E-state index in [1.807, 2.05) is 32.9 Å². The molecule has 2 aromatic carbocycles. The number of nitriles is 1. The maximum absolute atomic E-state index is 12.7. The molecule has 0 radical (unpaired) electrons. The van der Waals surface area contributed by atoms with Gasteiger partial charge in [0.1, 0.15) is 17.4 Å². The van der Waals surface area contributed by atoms with Gasteiger partial charge >= 0.3 is 0 Å². The minimum atomic E-state index is -1.29. The fraction of sp³-hybridized carbons (Fsp3) is 0.385. The van der Waals surface area contributed by atoms with Gasteiger partial charge in [0.15, 0.2) is 0 Å². The zero-order valence-electron chi connectivity index (χ0n) is 20.3. The van der Waals surface area contributed by atoms with E-state index in [-0.39, 0.29) is 12.0 Å². The Balaban J connectivity index is 1.60. The number of benzene rings is 2. The van der Waals surface area contributed by atoms with Crippen molar-refractivity contribution in [2.24, 2.45) is 5.73 Å². The number of ether oxygens (including phenoxy) is 1. The lowest BCUT2D eigenvalue weighted by Gasteiger charge is -2.35. The maximum Gasteiger partial charge on any atom is 0.258 e. The van der Waals surface area contributed by atoms with Crippen LogP contribution in [0.1, 0.15) is 43.0 Å². The molecular formula is C26H29N5O4. The number of carbonyl (C=O) groups is 1. The van der Waals surface area contributed by atoms with Crippen LogP contribution >= 0.6 is 0 Å². The molecule has 0 fully saturated rings. The van der Waals surface area contributed by atoms with Gasteiger partial charge in [0.25, 0.3) is 5.89 Å². The van der Waals surface area contributed by atoms with E-state index in [0.29, 0.717) is 48.1 Å². The second-order valence-corrected chi connectivity index (χ2v) is 9.34. The van der Waals surface area contributed by atoms with Crippen LogP contribution in [0, 0.1) is 18.3 Å². The summed E-state index contributed by atoms with van der Waals surface area (Å²) in [6, 6.07) is 11.2. The Bertz CT molecular complexity index is 1310. The Morgan fingerprint density at radius 3 is 2.83 bits per heavy atom. The van der Waals surface area contributed by atoms with Gasteiger partial charge in [0.05, 0.1) is 18.3 Å². The van der Waals surface area contributed by atoms with Gasteiger partial charge in [-0.05, 0) is 69.0 Å². The Kier molecular flexibility index (Phi) is 6.61. The highest BCUT2D eigenvalue weighted by atomic mass is 16.5. The highest BCUT2D eigenvalue weighted by Gasteiger charge is 2.34. The molecule has 182 valence electrons. The molecule has 0 saturated carbocycles. The number of fused-ring (bicyclic) bond motifs is 1. The topological polar surface area (TPSA) is 138 Å². The molecule has 0 bridgehead atoms. The average molecular weight is 476 g/mol. The molecule has 3 aromatic rings. The molecule has 1 aromatic heterocycles. The van der Waals surface area contributed by atoms with E-state index in [1.54, 1.807) is 23.1 Å². The van der Waals surface area contributed by atoms with E-state index in [0.717, 1.165) is 22.3 Å². The zero-order valence-corrected chi connectivity index (χ0v) is 20.3. The lowest BCUT2D eigenvalue weighted by atomic mass is 9.90. The standard InChI is InChI=1S/C26H29N5O4/c1-15(2)34-22-8-6-17(11-19(22)12-27)24-29-23(30-35-24)21-7-5-18-13-31(10-9-20(18)16(21)3)25(33)26(4,28)14-32/h5-8,11,15,32H,9-10,13-14,28H2,1-4H3/t26-/m1/s1. The van der Waals surface area contributed by atoms with Crippen LogP contribution in [0.4, 0.5) is 0 Å². The van der Waals surface area contributed by atoms with Crippen molar-refractivity contribution >= 4 is 5.91 Å².